The minimum Gasteiger partial charge on any atom is -0.379 e. The zero-order valence-corrected chi connectivity index (χ0v) is 14.9. The van der Waals surface area contributed by atoms with Gasteiger partial charge in [0.25, 0.3) is 5.91 Å². The van der Waals surface area contributed by atoms with Gasteiger partial charge in [0.2, 0.25) is 0 Å². The monoisotopic (exact) mass is 351 g/mol. The molecule has 0 bridgehead atoms. The molecule has 2 aliphatic rings. The number of amides is 1. The molecule has 0 saturated carbocycles. The second-order valence-corrected chi connectivity index (χ2v) is 7.00. The Balaban J connectivity index is 1.59. The maximum absolute atomic E-state index is 12.6. The van der Waals surface area contributed by atoms with Gasteiger partial charge >= 0.3 is 0 Å². The number of hydrogen-bond acceptors (Lipinski definition) is 5. The van der Waals surface area contributed by atoms with Gasteiger partial charge in [0.1, 0.15) is 5.70 Å². The van der Waals surface area contributed by atoms with Crippen LogP contribution in [0.15, 0.2) is 23.2 Å². The fourth-order valence-corrected chi connectivity index (χ4v) is 3.72. The van der Waals surface area contributed by atoms with Crippen molar-refractivity contribution in [3.63, 3.8) is 0 Å². The summed E-state index contributed by atoms with van der Waals surface area (Å²) in [6.45, 7) is 5.20. The molecule has 0 atom stereocenters. The number of thiophene rings is 1. The highest BCUT2D eigenvalue weighted by Gasteiger charge is 2.35. The highest BCUT2D eigenvalue weighted by molar-refractivity contribution is 7.80. The van der Waals surface area contributed by atoms with E-state index in [1.807, 2.05) is 35.5 Å². The standard InChI is InChI=1S/C16H21N3O2S2/c1-17-14(12-13-4-2-11-23-13)15(20)19(16(17)22)6-3-5-18-7-9-21-10-8-18/h2,4,11-12H,3,5-10H2,1H3/b14-12-. The van der Waals surface area contributed by atoms with E-state index in [0.29, 0.717) is 17.4 Å². The lowest BCUT2D eigenvalue weighted by Gasteiger charge is -2.27. The SMILES string of the molecule is CN1C(=S)N(CCCN2CCOCC2)C(=O)/C1=C/c1cccs1. The van der Waals surface area contributed by atoms with E-state index in [2.05, 4.69) is 4.90 Å². The Morgan fingerprint density at radius 2 is 2.13 bits per heavy atom. The van der Waals surface area contributed by atoms with Crippen molar-refractivity contribution < 1.29 is 9.53 Å². The first kappa shape index (κ1) is 16.6. The number of rotatable bonds is 5. The van der Waals surface area contributed by atoms with Crippen molar-refractivity contribution in [2.45, 2.75) is 6.42 Å². The highest BCUT2D eigenvalue weighted by Crippen LogP contribution is 2.24. The molecule has 1 aromatic heterocycles. The number of carbonyl (C=O) groups is 1. The fraction of sp³-hybridized carbons (Fsp3) is 0.500. The topological polar surface area (TPSA) is 36.0 Å². The van der Waals surface area contributed by atoms with Crippen molar-refractivity contribution in [1.82, 2.24) is 14.7 Å². The Morgan fingerprint density at radius 1 is 1.35 bits per heavy atom. The van der Waals surface area contributed by atoms with Crippen LogP contribution in [0.4, 0.5) is 0 Å². The largest absolute Gasteiger partial charge is 0.379 e. The predicted molar refractivity (Wildman–Crippen MR) is 96.2 cm³/mol. The van der Waals surface area contributed by atoms with Crippen molar-refractivity contribution in [3.8, 4) is 0 Å². The van der Waals surface area contributed by atoms with Gasteiger partial charge in [-0.1, -0.05) is 6.07 Å². The van der Waals surface area contributed by atoms with Gasteiger partial charge < -0.3 is 9.64 Å². The molecule has 5 nitrogen and oxygen atoms in total. The number of ether oxygens (including phenoxy) is 1. The lowest BCUT2D eigenvalue weighted by molar-refractivity contribution is -0.122. The van der Waals surface area contributed by atoms with Crippen molar-refractivity contribution in [1.29, 1.82) is 0 Å². The van der Waals surface area contributed by atoms with Gasteiger partial charge in [-0.15, -0.1) is 11.3 Å². The van der Waals surface area contributed by atoms with E-state index < -0.39 is 0 Å². The van der Waals surface area contributed by atoms with Crippen LogP contribution in [0.5, 0.6) is 0 Å². The molecule has 7 heteroatoms. The second kappa shape index (κ2) is 7.53. The molecule has 2 saturated heterocycles. The maximum Gasteiger partial charge on any atom is 0.276 e. The molecule has 2 fully saturated rings. The quantitative estimate of drug-likeness (QED) is 0.598. The van der Waals surface area contributed by atoms with E-state index in [1.54, 1.807) is 16.2 Å². The minimum atomic E-state index is 0.00729. The van der Waals surface area contributed by atoms with Gasteiger partial charge in [0, 0.05) is 38.1 Å². The molecule has 0 spiro atoms. The van der Waals surface area contributed by atoms with Crippen LogP contribution in [0, 0.1) is 0 Å². The lowest BCUT2D eigenvalue weighted by Crippen LogP contribution is -2.39. The Labute approximate surface area is 146 Å². The number of thiocarbonyl (C=S) groups is 1. The summed E-state index contributed by atoms with van der Waals surface area (Å²) in [4.78, 5) is 19.6. The van der Waals surface area contributed by atoms with E-state index in [-0.39, 0.29) is 5.91 Å². The van der Waals surface area contributed by atoms with Gasteiger partial charge in [0.15, 0.2) is 5.11 Å². The molecule has 2 aliphatic heterocycles. The molecule has 124 valence electrons. The van der Waals surface area contributed by atoms with E-state index in [4.69, 9.17) is 17.0 Å². The summed E-state index contributed by atoms with van der Waals surface area (Å²) in [6, 6.07) is 3.98. The van der Waals surface area contributed by atoms with Crippen molar-refractivity contribution >= 4 is 40.7 Å². The van der Waals surface area contributed by atoms with Crippen LogP contribution in [0.3, 0.4) is 0 Å². The van der Waals surface area contributed by atoms with E-state index in [0.717, 1.165) is 44.1 Å². The molecule has 0 aliphatic carbocycles. The zero-order valence-electron chi connectivity index (χ0n) is 13.2. The molecule has 1 amide bonds. The molecule has 0 aromatic carbocycles. The molecular formula is C16H21N3O2S2. The van der Waals surface area contributed by atoms with Crippen LogP contribution in [-0.4, -0.2) is 72.2 Å². The third-order valence-corrected chi connectivity index (χ3v) is 5.44. The number of carbonyl (C=O) groups excluding carboxylic acids is 1. The van der Waals surface area contributed by atoms with Crippen LogP contribution in [0.25, 0.3) is 6.08 Å². The first-order chi connectivity index (χ1) is 11.2. The molecule has 0 N–H and O–H groups in total. The normalized spacial score (nSPS) is 21.7. The van der Waals surface area contributed by atoms with Crippen LogP contribution >= 0.6 is 23.6 Å². The summed E-state index contributed by atoms with van der Waals surface area (Å²) in [5, 5.41) is 2.60. The molecule has 0 unspecified atom stereocenters. The third kappa shape index (κ3) is 3.80. The molecule has 3 heterocycles. The summed E-state index contributed by atoms with van der Waals surface area (Å²) < 4.78 is 5.35. The van der Waals surface area contributed by atoms with Gasteiger partial charge in [0.05, 0.1) is 13.2 Å². The fourth-order valence-electron chi connectivity index (χ4n) is 2.79. The van der Waals surface area contributed by atoms with Crippen LogP contribution in [0.1, 0.15) is 11.3 Å². The van der Waals surface area contributed by atoms with E-state index in [1.165, 1.54) is 0 Å². The molecule has 0 radical (unpaired) electrons. The summed E-state index contributed by atoms with van der Waals surface area (Å²) in [7, 11) is 1.86. The van der Waals surface area contributed by atoms with Crippen LogP contribution in [-0.2, 0) is 9.53 Å². The number of hydrogen-bond donors (Lipinski definition) is 0. The average molecular weight is 351 g/mol. The number of likely N-dealkylation sites (N-methyl/N-ethyl adjacent to an activating group) is 1. The van der Waals surface area contributed by atoms with Crippen LogP contribution < -0.4 is 0 Å². The molecule has 23 heavy (non-hydrogen) atoms. The van der Waals surface area contributed by atoms with E-state index >= 15 is 0 Å². The Morgan fingerprint density at radius 3 is 2.83 bits per heavy atom. The summed E-state index contributed by atoms with van der Waals surface area (Å²) in [6.07, 6.45) is 2.84. The first-order valence-corrected chi connectivity index (χ1v) is 9.10. The highest BCUT2D eigenvalue weighted by atomic mass is 32.1. The predicted octanol–water partition coefficient (Wildman–Crippen LogP) is 1.87. The Hall–Kier alpha value is -1.28. The van der Waals surface area contributed by atoms with Gasteiger partial charge in [-0.2, -0.15) is 0 Å². The minimum absolute atomic E-state index is 0.00729. The maximum atomic E-state index is 12.6. The van der Waals surface area contributed by atoms with Gasteiger partial charge in [-0.05, 0) is 36.2 Å². The molecule has 1 aromatic rings. The van der Waals surface area contributed by atoms with Crippen molar-refractivity contribution in [3.05, 3.63) is 28.1 Å². The van der Waals surface area contributed by atoms with Crippen LogP contribution in [0.2, 0.25) is 0 Å². The Kier molecular flexibility index (Phi) is 5.42. The summed E-state index contributed by atoms with van der Waals surface area (Å²) in [5.74, 6) is 0.00729. The van der Waals surface area contributed by atoms with E-state index in [9.17, 15) is 4.79 Å². The average Bonchev–Trinajstić information content (AvgIpc) is 3.15. The molecular weight excluding hydrogens is 330 g/mol. The summed E-state index contributed by atoms with van der Waals surface area (Å²) in [5.41, 5.74) is 0.656. The smallest absolute Gasteiger partial charge is 0.276 e. The number of nitrogens with zero attached hydrogens (tertiary/aromatic N) is 3. The second-order valence-electron chi connectivity index (χ2n) is 5.65. The summed E-state index contributed by atoms with van der Waals surface area (Å²) >= 11 is 7.06. The molecule has 3 rings (SSSR count). The van der Waals surface area contributed by atoms with Crippen molar-refractivity contribution in [2.75, 3.05) is 46.4 Å². The van der Waals surface area contributed by atoms with Gasteiger partial charge in [-0.3, -0.25) is 14.6 Å². The third-order valence-electron chi connectivity index (χ3n) is 4.13. The zero-order chi connectivity index (χ0) is 16.2. The van der Waals surface area contributed by atoms with Gasteiger partial charge in [-0.25, -0.2) is 0 Å². The Bertz CT molecular complexity index is 594. The number of morpholine rings is 1. The lowest BCUT2D eigenvalue weighted by atomic mass is 10.3. The first-order valence-electron chi connectivity index (χ1n) is 7.81. The van der Waals surface area contributed by atoms with Crippen molar-refractivity contribution in [2.24, 2.45) is 0 Å².